The van der Waals surface area contributed by atoms with Gasteiger partial charge in [0, 0.05) is 10.9 Å². The summed E-state index contributed by atoms with van der Waals surface area (Å²) in [6.45, 7) is 8.28. The Morgan fingerprint density at radius 2 is 1.84 bits per heavy atom. The van der Waals surface area contributed by atoms with Gasteiger partial charge in [-0.1, -0.05) is 78.7 Å². The Bertz CT molecular complexity index is 1250. The maximum atomic E-state index is 12.4. The molecule has 0 radical (unpaired) electrons. The first kappa shape index (κ1) is 23.3. The van der Waals surface area contributed by atoms with Gasteiger partial charge in [0.05, 0.1) is 10.5 Å². The first-order valence-corrected chi connectivity index (χ1v) is 15.2. The number of hydrogen-bond acceptors (Lipinski definition) is 4. The normalized spacial score (nSPS) is 12.8. The lowest BCUT2D eigenvalue weighted by Crippen LogP contribution is -2.18. The molecule has 1 aromatic heterocycles. The van der Waals surface area contributed by atoms with E-state index in [1.54, 1.807) is 12.1 Å². The number of primary sulfonamides is 1. The van der Waals surface area contributed by atoms with Gasteiger partial charge in [-0.05, 0) is 36.6 Å². The Kier molecular flexibility index (Phi) is 6.77. The van der Waals surface area contributed by atoms with Crippen molar-refractivity contribution in [1.82, 2.24) is 5.16 Å². The largest absolute Gasteiger partial charge is 0.360 e. The summed E-state index contributed by atoms with van der Waals surface area (Å²) in [6, 6.07) is 14.5. The minimum absolute atomic E-state index is 0.0225. The Morgan fingerprint density at radius 1 is 1.16 bits per heavy atom. The second kappa shape index (κ2) is 9.01. The molecule has 1 heterocycles. The molecule has 31 heavy (non-hydrogen) atoms. The van der Waals surface area contributed by atoms with Crippen LogP contribution in [-0.4, -0.2) is 21.6 Å². The van der Waals surface area contributed by atoms with Gasteiger partial charge in [0.15, 0.2) is 0 Å². The molecule has 2 aromatic carbocycles. The Morgan fingerprint density at radius 3 is 2.45 bits per heavy atom. The highest BCUT2D eigenvalue weighted by Crippen LogP contribution is 2.35. The lowest BCUT2D eigenvalue weighted by Gasteiger charge is -2.19. The third kappa shape index (κ3) is 5.86. The number of hydrogen-bond donors (Lipinski definition) is 1. The van der Waals surface area contributed by atoms with E-state index in [1.807, 2.05) is 37.3 Å². The van der Waals surface area contributed by atoms with Gasteiger partial charge in [-0.25, -0.2) is 13.6 Å². The van der Waals surface area contributed by atoms with Crippen molar-refractivity contribution in [3.63, 3.8) is 0 Å². The van der Waals surface area contributed by atoms with Crippen molar-refractivity contribution in [2.24, 2.45) is 5.14 Å². The molecule has 0 aliphatic carbocycles. The summed E-state index contributed by atoms with van der Waals surface area (Å²) in [5, 5.41) is 10.1. The van der Waals surface area contributed by atoms with Crippen LogP contribution in [0.4, 0.5) is 0 Å². The van der Waals surface area contributed by atoms with Crippen LogP contribution in [0.3, 0.4) is 0 Å². The van der Waals surface area contributed by atoms with Gasteiger partial charge in [0.2, 0.25) is 10.0 Å². The van der Waals surface area contributed by atoms with Crippen LogP contribution < -0.4 is 5.14 Å². The predicted molar refractivity (Wildman–Crippen MR) is 126 cm³/mol. The van der Waals surface area contributed by atoms with Gasteiger partial charge in [0.25, 0.3) is 0 Å². The van der Waals surface area contributed by atoms with E-state index < -0.39 is 24.0 Å². The molecule has 0 aliphatic rings. The number of benzene rings is 2. The van der Waals surface area contributed by atoms with E-state index in [9.17, 15) is 8.42 Å². The maximum Gasteiger partial charge on any atom is 0.238 e. The fourth-order valence-electron chi connectivity index (χ4n) is 3.28. The van der Waals surface area contributed by atoms with Gasteiger partial charge < -0.3 is 4.52 Å². The molecule has 0 fully saturated rings. The van der Waals surface area contributed by atoms with Gasteiger partial charge >= 0.3 is 0 Å². The quantitative estimate of drug-likeness (QED) is 0.423. The van der Waals surface area contributed by atoms with Crippen molar-refractivity contribution in [3.8, 4) is 11.5 Å². The Balaban J connectivity index is 2.25. The molecular formula is C23H25ClN2O3SSi. The van der Waals surface area contributed by atoms with Crippen molar-refractivity contribution in [3.05, 3.63) is 81.7 Å². The Hall–Kier alpha value is -2.37. The average Bonchev–Trinajstić information content (AvgIpc) is 3.04. The van der Waals surface area contributed by atoms with Crippen molar-refractivity contribution in [2.45, 2.75) is 43.8 Å². The van der Waals surface area contributed by atoms with Crippen LogP contribution in [0.1, 0.15) is 34.1 Å². The lowest BCUT2D eigenvalue weighted by atomic mass is 9.87. The number of aromatic nitrogens is 1. The minimum atomic E-state index is -4.01. The molecule has 1 atom stereocenters. The molecule has 2 N–H and O–H groups in total. The molecule has 8 heteroatoms. The number of nitrogens with zero attached hydrogens (tertiary/aromatic N) is 1. The molecule has 0 amide bonds. The van der Waals surface area contributed by atoms with E-state index >= 15 is 0 Å². The molecule has 5 nitrogen and oxygen atoms in total. The zero-order valence-electron chi connectivity index (χ0n) is 17.9. The zero-order chi connectivity index (χ0) is 22.8. The summed E-state index contributed by atoms with van der Waals surface area (Å²) in [5.41, 5.74) is 6.18. The number of halogens is 1. The maximum absolute atomic E-state index is 12.4. The molecule has 0 aliphatic heterocycles. The van der Waals surface area contributed by atoms with Crippen LogP contribution in [0.15, 0.2) is 57.9 Å². The van der Waals surface area contributed by atoms with E-state index in [4.69, 9.17) is 21.3 Å². The highest BCUT2D eigenvalue weighted by molar-refractivity contribution is 7.89. The van der Waals surface area contributed by atoms with E-state index in [-0.39, 0.29) is 4.90 Å². The SMILES string of the molecule is Cc1onc([C@H](Cc2ccccc2)c2ccc(Cl)cc2S(N)(=O)=O)c1C#C[Si](C)(C)C. The van der Waals surface area contributed by atoms with Crippen molar-refractivity contribution in [1.29, 1.82) is 0 Å². The minimum Gasteiger partial charge on any atom is -0.360 e. The van der Waals surface area contributed by atoms with Crippen molar-refractivity contribution < 1.29 is 12.9 Å². The van der Waals surface area contributed by atoms with Gasteiger partial charge in [-0.15, -0.1) is 5.54 Å². The number of aryl methyl sites for hydroxylation is 1. The molecule has 162 valence electrons. The van der Waals surface area contributed by atoms with Crippen LogP contribution in [0.5, 0.6) is 0 Å². The van der Waals surface area contributed by atoms with Gasteiger partial charge in [0.1, 0.15) is 19.5 Å². The number of rotatable bonds is 5. The first-order chi connectivity index (χ1) is 14.5. The lowest BCUT2D eigenvalue weighted by molar-refractivity contribution is 0.387. The average molecular weight is 473 g/mol. The van der Waals surface area contributed by atoms with E-state index in [0.717, 1.165) is 5.56 Å². The predicted octanol–water partition coefficient (Wildman–Crippen LogP) is 4.89. The van der Waals surface area contributed by atoms with Crippen LogP contribution >= 0.6 is 11.6 Å². The van der Waals surface area contributed by atoms with E-state index in [1.165, 1.54) is 6.07 Å². The summed E-state index contributed by atoms with van der Waals surface area (Å²) >= 11 is 6.10. The smallest absolute Gasteiger partial charge is 0.238 e. The van der Waals surface area contributed by atoms with Crippen molar-refractivity contribution in [2.75, 3.05) is 0 Å². The fourth-order valence-corrected chi connectivity index (χ4v) is 4.84. The molecule has 3 rings (SSSR count). The molecule has 0 saturated heterocycles. The fraction of sp³-hybridized carbons (Fsp3) is 0.261. The zero-order valence-corrected chi connectivity index (χ0v) is 20.5. The summed E-state index contributed by atoms with van der Waals surface area (Å²) < 4.78 is 30.3. The highest BCUT2D eigenvalue weighted by atomic mass is 35.5. The highest BCUT2D eigenvalue weighted by Gasteiger charge is 2.29. The van der Waals surface area contributed by atoms with E-state index in [0.29, 0.717) is 34.0 Å². The second-order valence-corrected chi connectivity index (χ2v) is 15.2. The summed E-state index contributed by atoms with van der Waals surface area (Å²) in [7, 11) is -5.67. The molecule has 0 bridgehead atoms. The standard InChI is InChI=1S/C23H25ClN2O3SSi/c1-16-19(12-13-31(2,3)4)23(26-29-16)21(14-17-8-6-5-7-9-17)20-11-10-18(24)15-22(20)30(25,27)28/h5-11,15,21H,14H2,1-4H3,(H2,25,27,28)/t21-/m1/s1. The van der Waals surface area contributed by atoms with E-state index in [2.05, 4.69) is 36.3 Å². The molecule has 0 spiro atoms. The van der Waals surface area contributed by atoms with Gasteiger partial charge in [-0.2, -0.15) is 0 Å². The van der Waals surface area contributed by atoms with Crippen LogP contribution in [-0.2, 0) is 16.4 Å². The summed E-state index contributed by atoms with van der Waals surface area (Å²) in [4.78, 5) is -0.0225. The van der Waals surface area contributed by atoms with Crippen LogP contribution in [0, 0.1) is 18.4 Å². The van der Waals surface area contributed by atoms with Gasteiger partial charge in [-0.3, -0.25) is 0 Å². The molecular weight excluding hydrogens is 448 g/mol. The third-order valence-corrected chi connectivity index (χ3v) is 6.80. The number of sulfonamides is 1. The molecule has 3 aromatic rings. The second-order valence-electron chi connectivity index (χ2n) is 8.47. The molecule has 0 unspecified atom stereocenters. The topological polar surface area (TPSA) is 86.2 Å². The van der Waals surface area contributed by atoms with Crippen LogP contribution in [0.2, 0.25) is 24.7 Å². The first-order valence-electron chi connectivity index (χ1n) is 9.81. The number of nitrogens with two attached hydrogens (primary N) is 1. The third-order valence-electron chi connectivity index (χ3n) is 4.72. The molecule has 0 saturated carbocycles. The van der Waals surface area contributed by atoms with Crippen LogP contribution in [0.25, 0.3) is 0 Å². The Labute approximate surface area is 189 Å². The summed E-state index contributed by atoms with van der Waals surface area (Å²) in [6.07, 6.45) is 0.499. The van der Waals surface area contributed by atoms with Crippen molar-refractivity contribution >= 4 is 29.7 Å². The monoisotopic (exact) mass is 472 g/mol. The summed E-state index contributed by atoms with van der Waals surface area (Å²) in [5.74, 6) is 3.42.